The molecule has 0 aromatic heterocycles. The Kier molecular flexibility index (Phi) is 7.17. The molecular weight excluding hydrogens is 595 g/mol. The van der Waals surface area contributed by atoms with Gasteiger partial charge in [0, 0.05) is 28.3 Å². The van der Waals surface area contributed by atoms with Gasteiger partial charge in [-0.05, 0) is 88.8 Å². The smallest absolute Gasteiger partial charge is 0.148 e. The standard InChI is InChI=1S/C46H35N3/c1-32-20-28-39(29-21-32)49-45-43-19-11-9-17-41(43)40-16-8-10-18-42(40)44(45)47-46(49)35-24-22-33(23-25-35)34-26-30-38(31-27-34)48(36-12-4-2-5-13-36)37-14-6-3-7-15-37/h2-31,45-46H,1H3. The number of hydrogen-bond donors (Lipinski definition) is 0. The third-order valence-corrected chi connectivity index (χ3v) is 9.84. The second-order valence-corrected chi connectivity index (χ2v) is 12.8. The summed E-state index contributed by atoms with van der Waals surface area (Å²) in [7, 11) is 0. The van der Waals surface area contributed by atoms with E-state index in [1.807, 2.05) is 0 Å². The van der Waals surface area contributed by atoms with Crippen LogP contribution in [0.1, 0.15) is 34.5 Å². The molecule has 0 saturated carbocycles. The maximum absolute atomic E-state index is 5.53. The molecule has 1 heterocycles. The lowest BCUT2D eigenvalue weighted by molar-refractivity contribution is 0.669. The summed E-state index contributed by atoms with van der Waals surface area (Å²) >= 11 is 0. The molecule has 1 aliphatic heterocycles. The highest BCUT2D eigenvalue weighted by Crippen LogP contribution is 2.50. The third kappa shape index (κ3) is 5.12. The second kappa shape index (κ2) is 12.1. The van der Waals surface area contributed by atoms with Gasteiger partial charge < -0.3 is 9.80 Å². The topological polar surface area (TPSA) is 18.8 Å². The van der Waals surface area contributed by atoms with Crippen LogP contribution in [0.5, 0.6) is 0 Å². The zero-order valence-electron chi connectivity index (χ0n) is 27.3. The van der Waals surface area contributed by atoms with Gasteiger partial charge in [-0.25, -0.2) is 0 Å². The lowest BCUT2D eigenvalue weighted by Crippen LogP contribution is -2.32. The van der Waals surface area contributed by atoms with Crippen LogP contribution in [0.3, 0.4) is 0 Å². The molecule has 0 fully saturated rings. The van der Waals surface area contributed by atoms with Crippen molar-refractivity contribution in [2.24, 2.45) is 4.99 Å². The Bertz CT molecular complexity index is 2230. The first-order chi connectivity index (χ1) is 24.2. The Labute approximate surface area is 288 Å². The zero-order chi connectivity index (χ0) is 32.7. The molecule has 49 heavy (non-hydrogen) atoms. The molecule has 0 bridgehead atoms. The van der Waals surface area contributed by atoms with Gasteiger partial charge in [-0.3, -0.25) is 4.99 Å². The molecule has 234 valence electrons. The summed E-state index contributed by atoms with van der Waals surface area (Å²) in [6, 6.07) is 65.4. The first kappa shape index (κ1) is 29.0. The minimum Gasteiger partial charge on any atom is -0.333 e. The number of nitrogens with zero attached hydrogens (tertiary/aromatic N) is 3. The summed E-state index contributed by atoms with van der Waals surface area (Å²) in [5.41, 5.74) is 15.6. The van der Waals surface area contributed by atoms with Crippen molar-refractivity contribution in [1.82, 2.24) is 0 Å². The molecule has 1 aliphatic carbocycles. The Balaban J connectivity index is 1.08. The molecular formula is C46H35N3. The minimum atomic E-state index is -0.149. The molecule has 0 N–H and O–H groups in total. The number of anilines is 4. The highest BCUT2D eigenvalue weighted by Gasteiger charge is 2.43. The summed E-state index contributed by atoms with van der Waals surface area (Å²) in [5, 5.41) is 0. The monoisotopic (exact) mass is 629 g/mol. The van der Waals surface area contributed by atoms with Gasteiger partial charge >= 0.3 is 0 Å². The summed E-state index contributed by atoms with van der Waals surface area (Å²) in [6.07, 6.45) is -0.149. The molecule has 0 amide bonds. The number of fused-ring (bicyclic) bond motifs is 6. The Morgan fingerprint density at radius 2 is 0.980 bits per heavy atom. The van der Waals surface area contributed by atoms with Crippen LogP contribution in [-0.4, -0.2) is 5.71 Å². The van der Waals surface area contributed by atoms with Crippen molar-refractivity contribution in [3.05, 3.63) is 204 Å². The maximum atomic E-state index is 5.53. The molecule has 3 heteroatoms. The van der Waals surface area contributed by atoms with E-state index < -0.39 is 0 Å². The number of para-hydroxylation sites is 2. The second-order valence-electron chi connectivity index (χ2n) is 12.8. The van der Waals surface area contributed by atoms with Crippen molar-refractivity contribution in [1.29, 1.82) is 0 Å². The van der Waals surface area contributed by atoms with Crippen molar-refractivity contribution in [3.8, 4) is 22.3 Å². The normalized spacial score (nSPS) is 15.9. The molecule has 2 aliphatic rings. The van der Waals surface area contributed by atoms with Gasteiger partial charge in [-0.1, -0.05) is 139 Å². The van der Waals surface area contributed by atoms with E-state index in [1.54, 1.807) is 0 Å². The fraction of sp³-hybridized carbons (Fsp3) is 0.0652. The van der Waals surface area contributed by atoms with Gasteiger partial charge in [0.2, 0.25) is 0 Å². The summed E-state index contributed by atoms with van der Waals surface area (Å²) in [4.78, 5) is 10.3. The van der Waals surface area contributed by atoms with Crippen LogP contribution in [-0.2, 0) is 0 Å². The van der Waals surface area contributed by atoms with Gasteiger partial charge in [0.15, 0.2) is 0 Å². The van der Waals surface area contributed by atoms with E-state index in [0.29, 0.717) is 0 Å². The van der Waals surface area contributed by atoms with Crippen LogP contribution in [0.4, 0.5) is 22.7 Å². The van der Waals surface area contributed by atoms with Crippen molar-refractivity contribution >= 4 is 28.5 Å². The minimum absolute atomic E-state index is 0.0307. The number of aryl methyl sites for hydroxylation is 1. The number of rotatable bonds is 6. The molecule has 9 rings (SSSR count). The van der Waals surface area contributed by atoms with E-state index in [9.17, 15) is 0 Å². The Hall–Kier alpha value is -6.19. The predicted molar refractivity (Wildman–Crippen MR) is 204 cm³/mol. The van der Waals surface area contributed by atoms with Crippen molar-refractivity contribution in [2.75, 3.05) is 9.80 Å². The fourth-order valence-corrected chi connectivity index (χ4v) is 7.47. The zero-order valence-corrected chi connectivity index (χ0v) is 27.3. The van der Waals surface area contributed by atoms with E-state index in [0.717, 1.165) is 22.8 Å². The van der Waals surface area contributed by atoms with Gasteiger partial charge in [-0.15, -0.1) is 0 Å². The molecule has 0 radical (unpaired) electrons. The average Bonchev–Trinajstić information content (AvgIpc) is 3.58. The van der Waals surface area contributed by atoms with Crippen LogP contribution in [0.15, 0.2) is 187 Å². The number of aliphatic imine (C=N–C) groups is 1. The van der Waals surface area contributed by atoms with Crippen LogP contribution in [0.25, 0.3) is 22.3 Å². The van der Waals surface area contributed by atoms with Gasteiger partial charge in [0.05, 0.1) is 11.8 Å². The van der Waals surface area contributed by atoms with Crippen LogP contribution >= 0.6 is 0 Å². The predicted octanol–water partition coefficient (Wildman–Crippen LogP) is 11.9. The molecule has 0 spiro atoms. The Morgan fingerprint density at radius 3 is 1.61 bits per heavy atom. The lowest BCUT2D eigenvalue weighted by Gasteiger charge is -2.36. The lowest BCUT2D eigenvalue weighted by atomic mass is 9.81. The number of benzene rings is 7. The van der Waals surface area contributed by atoms with E-state index in [1.165, 1.54) is 50.2 Å². The van der Waals surface area contributed by atoms with Gasteiger partial charge in [0.1, 0.15) is 6.17 Å². The molecule has 7 aromatic carbocycles. The largest absolute Gasteiger partial charge is 0.333 e. The van der Waals surface area contributed by atoms with Crippen LogP contribution < -0.4 is 9.80 Å². The summed E-state index contributed by atoms with van der Waals surface area (Å²) in [6.45, 7) is 2.14. The van der Waals surface area contributed by atoms with E-state index in [-0.39, 0.29) is 12.2 Å². The fourth-order valence-electron chi connectivity index (χ4n) is 7.47. The number of hydrogen-bond acceptors (Lipinski definition) is 3. The highest BCUT2D eigenvalue weighted by atomic mass is 15.3. The van der Waals surface area contributed by atoms with Crippen LogP contribution in [0, 0.1) is 6.92 Å². The average molecular weight is 630 g/mol. The molecule has 0 saturated heterocycles. The summed E-state index contributed by atoms with van der Waals surface area (Å²) < 4.78 is 0. The highest BCUT2D eigenvalue weighted by molar-refractivity contribution is 6.15. The van der Waals surface area contributed by atoms with Gasteiger partial charge in [0.25, 0.3) is 0 Å². The SMILES string of the molecule is Cc1ccc(N2C(c3ccc(-c4ccc(N(c5ccccc5)c5ccccc5)cc4)cc3)N=C3c4ccccc4-c4ccccc4C32)cc1. The third-order valence-electron chi connectivity index (χ3n) is 9.84. The van der Waals surface area contributed by atoms with Crippen molar-refractivity contribution in [3.63, 3.8) is 0 Å². The van der Waals surface area contributed by atoms with Crippen molar-refractivity contribution in [2.45, 2.75) is 19.1 Å². The van der Waals surface area contributed by atoms with Crippen LogP contribution in [0.2, 0.25) is 0 Å². The first-order valence-electron chi connectivity index (χ1n) is 16.9. The molecule has 3 nitrogen and oxygen atoms in total. The summed E-state index contributed by atoms with van der Waals surface area (Å²) in [5.74, 6) is 0. The van der Waals surface area contributed by atoms with E-state index in [2.05, 4.69) is 199 Å². The molecule has 7 aromatic rings. The molecule has 2 atom stereocenters. The quantitative estimate of drug-likeness (QED) is 0.182. The Morgan fingerprint density at radius 1 is 0.469 bits per heavy atom. The first-order valence-corrected chi connectivity index (χ1v) is 16.9. The van der Waals surface area contributed by atoms with Crippen molar-refractivity contribution < 1.29 is 0 Å². The molecule has 2 unspecified atom stereocenters. The van der Waals surface area contributed by atoms with E-state index >= 15 is 0 Å². The maximum Gasteiger partial charge on any atom is 0.148 e. The van der Waals surface area contributed by atoms with Gasteiger partial charge in [-0.2, -0.15) is 0 Å². The van der Waals surface area contributed by atoms with E-state index in [4.69, 9.17) is 4.99 Å².